The maximum absolute atomic E-state index is 12.9. The lowest BCUT2D eigenvalue weighted by molar-refractivity contribution is -0.153. The van der Waals surface area contributed by atoms with Crippen LogP contribution in [0.15, 0.2) is 91.0 Å². The Kier molecular flexibility index (Phi) is 8.15. The van der Waals surface area contributed by atoms with Crippen molar-refractivity contribution in [3.8, 4) is 11.5 Å². The van der Waals surface area contributed by atoms with E-state index in [1.165, 1.54) is 16.3 Å². The van der Waals surface area contributed by atoms with Gasteiger partial charge in [0.2, 0.25) is 5.60 Å². The van der Waals surface area contributed by atoms with E-state index in [1.807, 2.05) is 54.4 Å². The van der Waals surface area contributed by atoms with Gasteiger partial charge in [-0.15, -0.1) is 0 Å². The lowest BCUT2D eigenvalue weighted by atomic mass is 9.96. The number of fused-ring (bicyclic) bond motifs is 1. The van der Waals surface area contributed by atoms with E-state index in [9.17, 15) is 14.7 Å². The Morgan fingerprint density at radius 2 is 1.61 bits per heavy atom. The van der Waals surface area contributed by atoms with E-state index < -0.39 is 11.6 Å². The van der Waals surface area contributed by atoms with Crippen molar-refractivity contribution in [1.29, 1.82) is 0 Å². The number of carboxylic acid groups (broad SMARTS) is 1. The second-order valence-electron chi connectivity index (χ2n) is 11.0. The Balaban J connectivity index is 1.13. The van der Waals surface area contributed by atoms with Crippen molar-refractivity contribution in [1.82, 2.24) is 9.80 Å². The highest BCUT2D eigenvalue weighted by molar-refractivity contribution is 5.84. The zero-order chi connectivity index (χ0) is 29.0. The van der Waals surface area contributed by atoms with Gasteiger partial charge in [-0.2, -0.15) is 0 Å². The monoisotopic (exact) mass is 552 g/mol. The number of nitrogens with zero attached hydrogens (tertiary/aromatic N) is 2. The number of amides is 2. The van der Waals surface area contributed by atoms with Gasteiger partial charge in [0.25, 0.3) is 0 Å². The van der Waals surface area contributed by atoms with E-state index in [0.717, 1.165) is 11.1 Å². The van der Waals surface area contributed by atoms with Crippen LogP contribution in [0.2, 0.25) is 0 Å². The Morgan fingerprint density at radius 3 is 2.34 bits per heavy atom. The summed E-state index contributed by atoms with van der Waals surface area (Å²) >= 11 is 0. The minimum atomic E-state index is -1.40. The molecule has 1 aliphatic rings. The smallest absolute Gasteiger partial charge is 0.348 e. The highest BCUT2D eigenvalue weighted by atomic mass is 16.5. The minimum Gasteiger partial charge on any atom is -0.494 e. The number of ether oxygens (including phenoxy) is 2. The molecule has 41 heavy (non-hydrogen) atoms. The van der Waals surface area contributed by atoms with Crippen LogP contribution >= 0.6 is 0 Å². The van der Waals surface area contributed by atoms with Crippen LogP contribution in [0, 0.1) is 6.92 Å². The van der Waals surface area contributed by atoms with Gasteiger partial charge < -0.3 is 24.4 Å². The summed E-state index contributed by atoms with van der Waals surface area (Å²) in [6.45, 7) is 5.37. The molecule has 4 aromatic rings. The van der Waals surface area contributed by atoms with E-state index in [-0.39, 0.29) is 18.5 Å². The molecule has 2 amide bonds. The third kappa shape index (κ3) is 6.62. The number of aryl methyl sites for hydroxylation is 1. The van der Waals surface area contributed by atoms with Crippen molar-refractivity contribution in [3.63, 3.8) is 0 Å². The molecule has 1 saturated heterocycles. The normalized spacial score (nSPS) is 16.6. The molecular weight excluding hydrogens is 516 g/mol. The van der Waals surface area contributed by atoms with Crippen molar-refractivity contribution < 1.29 is 24.2 Å². The average molecular weight is 553 g/mol. The number of aliphatic carboxylic acids is 1. The number of hydrogen-bond acceptors (Lipinski definition) is 4. The first kappa shape index (κ1) is 28.0. The number of carbonyl (C=O) groups excluding carboxylic acids is 1. The van der Waals surface area contributed by atoms with Crippen molar-refractivity contribution >= 4 is 22.8 Å². The molecule has 2 unspecified atom stereocenters. The highest BCUT2D eigenvalue weighted by Gasteiger charge is 2.36. The predicted octanol–water partition coefficient (Wildman–Crippen LogP) is 6.32. The third-order valence-corrected chi connectivity index (χ3v) is 7.71. The van der Waals surface area contributed by atoms with Gasteiger partial charge in [-0.05, 0) is 66.1 Å². The molecule has 5 rings (SSSR count). The average Bonchev–Trinajstić information content (AvgIpc) is 3.22. The van der Waals surface area contributed by atoms with Crippen LogP contribution in [0.4, 0.5) is 4.79 Å². The zero-order valence-corrected chi connectivity index (χ0v) is 23.7. The summed E-state index contributed by atoms with van der Waals surface area (Å²) in [6.07, 6.45) is 0.915. The summed E-state index contributed by atoms with van der Waals surface area (Å²) < 4.78 is 11.8. The van der Waals surface area contributed by atoms with Crippen LogP contribution in [0.5, 0.6) is 11.5 Å². The van der Waals surface area contributed by atoms with Gasteiger partial charge in [0.05, 0.1) is 12.6 Å². The maximum Gasteiger partial charge on any atom is 0.348 e. The van der Waals surface area contributed by atoms with E-state index in [4.69, 9.17) is 9.47 Å². The molecule has 1 fully saturated rings. The van der Waals surface area contributed by atoms with Crippen LogP contribution in [-0.2, 0) is 17.8 Å². The molecule has 0 saturated carbocycles. The molecule has 1 heterocycles. The summed E-state index contributed by atoms with van der Waals surface area (Å²) in [4.78, 5) is 28.7. The van der Waals surface area contributed by atoms with Crippen LogP contribution in [0.25, 0.3) is 10.8 Å². The number of rotatable bonds is 11. The van der Waals surface area contributed by atoms with Gasteiger partial charge >= 0.3 is 12.0 Å². The van der Waals surface area contributed by atoms with Crippen molar-refractivity contribution in [2.24, 2.45) is 0 Å². The molecule has 0 aliphatic carbocycles. The number of urea groups is 1. The summed E-state index contributed by atoms with van der Waals surface area (Å²) in [5, 5.41) is 12.2. The fourth-order valence-electron chi connectivity index (χ4n) is 5.29. The van der Waals surface area contributed by atoms with E-state index in [1.54, 1.807) is 24.0 Å². The molecule has 7 heteroatoms. The van der Waals surface area contributed by atoms with Crippen molar-refractivity contribution in [3.05, 3.63) is 108 Å². The minimum absolute atomic E-state index is 0.0301. The van der Waals surface area contributed by atoms with Crippen molar-refractivity contribution in [2.45, 2.75) is 44.9 Å². The first-order chi connectivity index (χ1) is 19.7. The second-order valence-corrected chi connectivity index (χ2v) is 11.0. The molecule has 7 nitrogen and oxygen atoms in total. The molecule has 0 radical (unpaired) electrons. The van der Waals surface area contributed by atoms with E-state index in [2.05, 4.69) is 43.3 Å². The number of likely N-dealkylation sites (N-methyl/N-ethyl adjacent to an activating group) is 1. The fraction of sp³-hybridized carbons (Fsp3) is 0.294. The molecule has 0 bridgehead atoms. The third-order valence-electron chi connectivity index (χ3n) is 7.71. The van der Waals surface area contributed by atoms with Crippen LogP contribution in [0.3, 0.4) is 0 Å². The van der Waals surface area contributed by atoms with Gasteiger partial charge in [-0.25, -0.2) is 9.59 Å². The SMILES string of the molecule is Cc1ccc2cc(CN3CC(CCOc4ccc(CC(C)(Oc5ccccc5)C(=O)O)cc4)N(C)C3=O)ccc2c1. The molecule has 2 atom stereocenters. The van der Waals surface area contributed by atoms with Crippen LogP contribution < -0.4 is 9.47 Å². The molecule has 1 aliphatic heterocycles. The topological polar surface area (TPSA) is 79.3 Å². The largest absolute Gasteiger partial charge is 0.494 e. The molecule has 0 spiro atoms. The molecule has 4 aromatic carbocycles. The summed E-state index contributed by atoms with van der Waals surface area (Å²) in [6, 6.07) is 29.3. The van der Waals surface area contributed by atoms with Crippen molar-refractivity contribution in [2.75, 3.05) is 20.2 Å². The van der Waals surface area contributed by atoms with Crippen LogP contribution in [0.1, 0.15) is 30.0 Å². The Morgan fingerprint density at radius 1 is 0.927 bits per heavy atom. The Bertz CT molecular complexity index is 1520. The number of benzene rings is 4. The first-order valence-corrected chi connectivity index (χ1v) is 13.9. The summed E-state index contributed by atoms with van der Waals surface area (Å²) in [5.74, 6) is 0.185. The number of para-hydroxylation sites is 1. The molecule has 0 aromatic heterocycles. The lowest BCUT2D eigenvalue weighted by Gasteiger charge is -2.26. The second kappa shape index (κ2) is 11.9. The van der Waals surface area contributed by atoms with E-state index >= 15 is 0 Å². The van der Waals surface area contributed by atoms with E-state index in [0.29, 0.717) is 37.6 Å². The Labute approximate surface area is 240 Å². The van der Waals surface area contributed by atoms with Gasteiger partial charge in [0, 0.05) is 33.0 Å². The van der Waals surface area contributed by atoms with Gasteiger partial charge in [-0.3, -0.25) is 0 Å². The number of hydrogen-bond donors (Lipinski definition) is 1. The van der Waals surface area contributed by atoms with Gasteiger partial charge in [0.15, 0.2) is 0 Å². The first-order valence-electron chi connectivity index (χ1n) is 13.9. The Hall–Kier alpha value is -4.52. The van der Waals surface area contributed by atoms with Gasteiger partial charge in [-0.1, -0.05) is 66.2 Å². The van der Waals surface area contributed by atoms with Crippen LogP contribution in [-0.4, -0.2) is 58.7 Å². The fourth-order valence-corrected chi connectivity index (χ4v) is 5.29. The highest BCUT2D eigenvalue weighted by Crippen LogP contribution is 2.25. The number of carboxylic acids is 1. The predicted molar refractivity (Wildman–Crippen MR) is 159 cm³/mol. The maximum atomic E-state index is 12.9. The summed E-state index contributed by atoms with van der Waals surface area (Å²) in [7, 11) is 1.85. The molecular formula is C34H36N2O5. The zero-order valence-electron chi connectivity index (χ0n) is 23.7. The van der Waals surface area contributed by atoms with Gasteiger partial charge in [0.1, 0.15) is 11.5 Å². The molecule has 212 valence electrons. The summed E-state index contributed by atoms with van der Waals surface area (Å²) in [5.41, 5.74) is 1.78. The lowest BCUT2D eigenvalue weighted by Crippen LogP contribution is -2.43. The quantitative estimate of drug-likeness (QED) is 0.236. The standard InChI is InChI=1S/C34H36N2O5/c1-24-9-13-28-20-26(10-14-27(28)19-24)22-36-23-29(35(3)33(36)39)17-18-40-30-15-11-25(12-16-30)21-34(2,32(37)38)41-31-7-5-4-6-8-31/h4-16,19-20,29H,17-18,21-23H2,1-3H3,(H,37,38). The number of carbonyl (C=O) groups is 2. The molecule has 1 N–H and O–H groups in total.